The molecular weight excluding hydrogens is 248 g/mol. The Bertz CT molecular complexity index is 350. The van der Waals surface area contributed by atoms with Crippen LogP contribution in [0.25, 0.3) is 0 Å². The summed E-state index contributed by atoms with van der Waals surface area (Å²) in [4.78, 5) is 0. The summed E-state index contributed by atoms with van der Waals surface area (Å²) in [5.74, 6) is 2.87. The lowest BCUT2D eigenvalue weighted by atomic mass is 10.1. The Morgan fingerprint density at radius 3 is 2.56 bits per heavy atom. The fraction of sp³-hybridized carbons (Fsp3) is 0.600. The highest BCUT2D eigenvalue weighted by atomic mass is 35.5. The third-order valence-corrected chi connectivity index (χ3v) is 2.75. The van der Waals surface area contributed by atoms with Crippen LogP contribution in [0.2, 0.25) is 0 Å². The van der Waals surface area contributed by atoms with Gasteiger partial charge in [-0.25, -0.2) is 0 Å². The number of alkyl halides is 1. The minimum Gasteiger partial charge on any atom is -0.490 e. The first-order valence-corrected chi connectivity index (χ1v) is 7.15. The van der Waals surface area contributed by atoms with Gasteiger partial charge in [0.25, 0.3) is 0 Å². The Labute approximate surface area is 115 Å². The topological polar surface area (TPSA) is 18.5 Å². The van der Waals surface area contributed by atoms with Crippen LogP contribution in [0.5, 0.6) is 11.5 Å². The number of halogens is 1. The van der Waals surface area contributed by atoms with Crippen LogP contribution in [0, 0.1) is 5.92 Å². The van der Waals surface area contributed by atoms with Crippen molar-refractivity contribution in [1.82, 2.24) is 0 Å². The second-order valence-corrected chi connectivity index (χ2v) is 5.09. The second-order valence-electron chi connectivity index (χ2n) is 4.71. The molecule has 0 spiro atoms. The van der Waals surface area contributed by atoms with Crippen LogP contribution in [0.1, 0.15) is 32.8 Å². The number of aryl methyl sites for hydroxylation is 1. The maximum atomic E-state index is 5.76. The Morgan fingerprint density at radius 2 is 1.94 bits per heavy atom. The number of hydrogen-bond donors (Lipinski definition) is 0. The Balaban J connectivity index is 2.75. The fourth-order valence-corrected chi connectivity index (χ4v) is 1.76. The molecule has 0 saturated carbocycles. The van der Waals surface area contributed by atoms with Crippen molar-refractivity contribution in [3.8, 4) is 11.5 Å². The number of rotatable bonds is 8. The molecule has 0 heterocycles. The molecule has 0 radical (unpaired) electrons. The summed E-state index contributed by atoms with van der Waals surface area (Å²) >= 11 is 5.71. The van der Waals surface area contributed by atoms with Crippen LogP contribution in [-0.2, 0) is 6.42 Å². The van der Waals surface area contributed by atoms with Gasteiger partial charge < -0.3 is 9.47 Å². The van der Waals surface area contributed by atoms with Gasteiger partial charge in [0.1, 0.15) is 0 Å². The molecule has 0 bridgehead atoms. The van der Waals surface area contributed by atoms with Crippen molar-refractivity contribution in [2.24, 2.45) is 5.92 Å². The Morgan fingerprint density at radius 1 is 1.17 bits per heavy atom. The van der Waals surface area contributed by atoms with E-state index in [0.717, 1.165) is 24.3 Å². The summed E-state index contributed by atoms with van der Waals surface area (Å²) in [6.07, 6.45) is 1.97. The lowest BCUT2D eigenvalue weighted by Crippen LogP contribution is -2.06. The van der Waals surface area contributed by atoms with E-state index in [1.807, 2.05) is 13.0 Å². The molecule has 3 heteroatoms. The van der Waals surface area contributed by atoms with E-state index >= 15 is 0 Å². The van der Waals surface area contributed by atoms with Crippen molar-refractivity contribution < 1.29 is 9.47 Å². The van der Waals surface area contributed by atoms with Gasteiger partial charge in [-0.15, -0.1) is 11.6 Å². The van der Waals surface area contributed by atoms with Gasteiger partial charge in [-0.2, -0.15) is 0 Å². The summed E-state index contributed by atoms with van der Waals surface area (Å²) in [6, 6.07) is 6.15. The van der Waals surface area contributed by atoms with Crippen LogP contribution in [0.15, 0.2) is 18.2 Å². The molecule has 0 amide bonds. The minimum absolute atomic E-state index is 0.510. The van der Waals surface area contributed by atoms with Gasteiger partial charge in [0.05, 0.1) is 13.2 Å². The van der Waals surface area contributed by atoms with E-state index in [4.69, 9.17) is 21.1 Å². The summed E-state index contributed by atoms with van der Waals surface area (Å²) in [6.45, 7) is 7.61. The summed E-state index contributed by atoms with van der Waals surface area (Å²) < 4.78 is 11.4. The molecule has 1 aromatic carbocycles. The van der Waals surface area contributed by atoms with Crippen LogP contribution in [-0.4, -0.2) is 19.1 Å². The molecular formula is C15H23ClO2. The van der Waals surface area contributed by atoms with Crippen LogP contribution in [0.3, 0.4) is 0 Å². The van der Waals surface area contributed by atoms with Crippen molar-refractivity contribution in [2.45, 2.75) is 33.6 Å². The molecule has 0 saturated heterocycles. The van der Waals surface area contributed by atoms with E-state index in [0.29, 0.717) is 25.0 Å². The van der Waals surface area contributed by atoms with Crippen molar-refractivity contribution >= 4 is 11.6 Å². The summed E-state index contributed by atoms with van der Waals surface area (Å²) in [7, 11) is 0. The number of benzene rings is 1. The van der Waals surface area contributed by atoms with E-state index in [2.05, 4.69) is 26.0 Å². The molecule has 1 rings (SSSR count). The highest BCUT2D eigenvalue weighted by Crippen LogP contribution is 2.29. The zero-order valence-electron chi connectivity index (χ0n) is 11.5. The van der Waals surface area contributed by atoms with Crippen LogP contribution in [0.4, 0.5) is 0 Å². The van der Waals surface area contributed by atoms with E-state index in [9.17, 15) is 0 Å². The predicted molar refractivity (Wildman–Crippen MR) is 77.0 cm³/mol. The Hall–Kier alpha value is -0.890. The molecule has 1 aromatic rings. The molecule has 102 valence electrons. The van der Waals surface area contributed by atoms with Gasteiger partial charge in [0, 0.05) is 5.88 Å². The second kappa shape index (κ2) is 8.25. The zero-order chi connectivity index (χ0) is 13.4. The van der Waals surface area contributed by atoms with Crippen molar-refractivity contribution in [3.05, 3.63) is 23.8 Å². The van der Waals surface area contributed by atoms with E-state index in [1.54, 1.807) is 0 Å². The molecule has 2 nitrogen and oxygen atoms in total. The normalized spacial score (nSPS) is 10.7. The average molecular weight is 271 g/mol. The fourth-order valence-electron chi connectivity index (χ4n) is 1.62. The molecule has 0 fully saturated rings. The summed E-state index contributed by atoms with van der Waals surface area (Å²) in [5, 5.41) is 0. The smallest absolute Gasteiger partial charge is 0.161 e. The Kier molecular flexibility index (Phi) is 6.96. The lowest BCUT2D eigenvalue weighted by Gasteiger charge is -2.14. The molecule has 0 aliphatic carbocycles. The highest BCUT2D eigenvalue weighted by Gasteiger charge is 2.07. The van der Waals surface area contributed by atoms with E-state index in [-0.39, 0.29) is 0 Å². The first-order chi connectivity index (χ1) is 8.67. The van der Waals surface area contributed by atoms with E-state index in [1.165, 1.54) is 5.56 Å². The van der Waals surface area contributed by atoms with Crippen LogP contribution >= 0.6 is 11.6 Å². The van der Waals surface area contributed by atoms with Gasteiger partial charge in [0.15, 0.2) is 11.5 Å². The van der Waals surface area contributed by atoms with Crippen LogP contribution < -0.4 is 9.47 Å². The minimum atomic E-state index is 0.510. The average Bonchev–Trinajstić information content (AvgIpc) is 2.35. The first-order valence-electron chi connectivity index (χ1n) is 6.61. The standard InChI is InChI=1S/C15H23ClO2/c1-4-17-15-10-13(6-5-9-16)7-8-14(15)18-11-12(2)3/h7-8,10,12H,4-6,9,11H2,1-3H3. The lowest BCUT2D eigenvalue weighted by molar-refractivity contribution is 0.248. The highest BCUT2D eigenvalue weighted by molar-refractivity contribution is 6.17. The van der Waals surface area contributed by atoms with Crippen molar-refractivity contribution in [2.75, 3.05) is 19.1 Å². The molecule has 18 heavy (non-hydrogen) atoms. The van der Waals surface area contributed by atoms with Crippen molar-refractivity contribution in [1.29, 1.82) is 0 Å². The zero-order valence-corrected chi connectivity index (χ0v) is 12.3. The molecule has 0 N–H and O–H groups in total. The summed E-state index contributed by atoms with van der Waals surface area (Å²) in [5.41, 5.74) is 1.25. The third-order valence-electron chi connectivity index (χ3n) is 2.48. The largest absolute Gasteiger partial charge is 0.490 e. The monoisotopic (exact) mass is 270 g/mol. The quantitative estimate of drug-likeness (QED) is 0.656. The maximum absolute atomic E-state index is 5.76. The molecule has 0 atom stereocenters. The van der Waals surface area contributed by atoms with Gasteiger partial charge >= 0.3 is 0 Å². The number of ether oxygens (including phenoxy) is 2. The third kappa shape index (κ3) is 5.18. The van der Waals surface area contributed by atoms with Gasteiger partial charge in [0.2, 0.25) is 0 Å². The number of hydrogen-bond acceptors (Lipinski definition) is 2. The van der Waals surface area contributed by atoms with Gasteiger partial charge in [-0.1, -0.05) is 19.9 Å². The predicted octanol–water partition coefficient (Wildman–Crippen LogP) is 4.29. The molecule has 0 aliphatic heterocycles. The first kappa shape index (κ1) is 15.2. The molecule has 0 aromatic heterocycles. The maximum Gasteiger partial charge on any atom is 0.161 e. The van der Waals surface area contributed by atoms with E-state index < -0.39 is 0 Å². The van der Waals surface area contributed by atoms with Gasteiger partial charge in [-0.3, -0.25) is 0 Å². The molecule has 0 unspecified atom stereocenters. The molecule has 0 aliphatic rings. The van der Waals surface area contributed by atoms with Crippen molar-refractivity contribution in [3.63, 3.8) is 0 Å². The SMILES string of the molecule is CCOc1cc(CCCCl)ccc1OCC(C)C. The van der Waals surface area contributed by atoms with Gasteiger partial charge in [-0.05, 0) is 43.4 Å².